The van der Waals surface area contributed by atoms with Crippen LogP contribution in [0.1, 0.15) is 27.7 Å². The number of benzene rings is 1. The zero-order valence-electron chi connectivity index (χ0n) is 16.2. The third kappa shape index (κ3) is 7.56. The number of halogens is 1. The number of ether oxygens (including phenoxy) is 1. The quantitative estimate of drug-likeness (QED) is 0.607. The number of rotatable bonds is 9. The molecule has 0 aromatic heterocycles. The normalized spacial score (nSPS) is 13.8. The Morgan fingerprint density at radius 1 is 1.21 bits per heavy atom. The molecule has 1 aromatic carbocycles. The van der Waals surface area contributed by atoms with Crippen LogP contribution in [0.3, 0.4) is 0 Å². The van der Waals surface area contributed by atoms with Crippen LogP contribution in [0.5, 0.6) is 0 Å². The summed E-state index contributed by atoms with van der Waals surface area (Å²) in [7, 11) is 0. The summed E-state index contributed by atoms with van der Waals surface area (Å²) < 4.78 is 17.8. The second-order valence-electron chi connectivity index (χ2n) is 6.63. The molecule has 0 saturated heterocycles. The fourth-order valence-corrected chi connectivity index (χ4v) is 2.56. The lowest BCUT2D eigenvalue weighted by molar-refractivity contribution is -0.148. The highest BCUT2D eigenvalue weighted by atomic mass is 32.2. The summed E-state index contributed by atoms with van der Waals surface area (Å²) in [5.74, 6) is -2.10. The lowest BCUT2D eigenvalue weighted by Crippen LogP contribution is -2.50. The van der Waals surface area contributed by atoms with Crippen LogP contribution in [0.25, 0.3) is 0 Å². The maximum Gasteiger partial charge on any atom is 0.319 e. The first-order valence-corrected chi connectivity index (χ1v) is 9.68. The van der Waals surface area contributed by atoms with Crippen molar-refractivity contribution in [3.8, 4) is 6.07 Å². The third-order valence-corrected chi connectivity index (χ3v) is 5.18. The van der Waals surface area contributed by atoms with Gasteiger partial charge in [0.15, 0.2) is 6.61 Å². The second-order valence-corrected chi connectivity index (χ2v) is 7.96. The minimum atomic E-state index is -1.05. The van der Waals surface area contributed by atoms with Gasteiger partial charge in [-0.3, -0.25) is 14.4 Å². The van der Waals surface area contributed by atoms with E-state index in [9.17, 15) is 24.0 Å². The Balaban J connectivity index is 2.38. The van der Waals surface area contributed by atoms with E-state index in [1.807, 2.05) is 6.07 Å². The number of esters is 1. The molecule has 7 nitrogen and oxygen atoms in total. The van der Waals surface area contributed by atoms with Crippen molar-refractivity contribution >= 4 is 35.2 Å². The van der Waals surface area contributed by atoms with Crippen LogP contribution in [-0.2, 0) is 19.1 Å². The summed E-state index contributed by atoms with van der Waals surface area (Å²) >= 11 is 1.04. The van der Waals surface area contributed by atoms with Gasteiger partial charge in [-0.05, 0) is 44.0 Å². The highest BCUT2D eigenvalue weighted by Crippen LogP contribution is 2.16. The van der Waals surface area contributed by atoms with Crippen LogP contribution in [0.15, 0.2) is 24.3 Å². The topological polar surface area (TPSA) is 108 Å². The Morgan fingerprint density at radius 3 is 2.36 bits per heavy atom. The van der Waals surface area contributed by atoms with Crippen molar-refractivity contribution in [1.82, 2.24) is 5.32 Å². The highest BCUT2D eigenvalue weighted by molar-refractivity contribution is 8.01. The number of carbonyl (C=O) groups is 3. The molecule has 152 valence electrons. The number of nitriles is 1. The SMILES string of the molecule is CC(SCC(=O)Nc1ccc(F)cc1)C(=O)OCC(=O)NC(C)(C#N)C(C)C. The molecule has 1 rings (SSSR count). The molecule has 1 aromatic rings. The number of hydrogen-bond acceptors (Lipinski definition) is 6. The molecule has 0 saturated carbocycles. The minimum absolute atomic E-state index is 0.0142. The summed E-state index contributed by atoms with van der Waals surface area (Å²) in [6.45, 7) is 6.24. The van der Waals surface area contributed by atoms with Crippen LogP contribution in [0, 0.1) is 23.1 Å². The third-order valence-electron chi connectivity index (χ3n) is 4.06. The lowest BCUT2D eigenvalue weighted by atomic mass is 9.90. The van der Waals surface area contributed by atoms with E-state index in [2.05, 4.69) is 10.6 Å². The first-order chi connectivity index (χ1) is 13.1. The van der Waals surface area contributed by atoms with Crippen LogP contribution in [0.2, 0.25) is 0 Å². The van der Waals surface area contributed by atoms with Crippen molar-refractivity contribution in [3.63, 3.8) is 0 Å². The number of anilines is 1. The summed E-state index contributed by atoms with van der Waals surface area (Å²) in [5.41, 5.74) is -0.605. The van der Waals surface area contributed by atoms with E-state index in [1.165, 1.54) is 24.3 Å². The molecule has 0 aliphatic heterocycles. The predicted molar refractivity (Wildman–Crippen MR) is 105 cm³/mol. The predicted octanol–water partition coefficient (Wildman–Crippen LogP) is 2.48. The van der Waals surface area contributed by atoms with Crippen LogP contribution in [0.4, 0.5) is 10.1 Å². The van der Waals surface area contributed by atoms with Gasteiger partial charge >= 0.3 is 5.97 Å². The number of thioether (sulfide) groups is 1. The van der Waals surface area contributed by atoms with Crippen molar-refractivity contribution in [1.29, 1.82) is 5.26 Å². The molecule has 0 spiro atoms. The molecule has 0 aliphatic carbocycles. The van der Waals surface area contributed by atoms with E-state index >= 15 is 0 Å². The lowest BCUT2D eigenvalue weighted by Gasteiger charge is -2.27. The van der Waals surface area contributed by atoms with E-state index < -0.39 is 35.1 Å². The summed E-state index contributed by atoms with van der Waals surface area (Å²) in [4.78, 5) is 35.7. The maximum atomic E-state index is 12.8. The fourth-order valence-electron chi connectivity index (χ4n) is 1.88. The molecule has 2 atom stereocenters. The smallest absolute Gasteiger partial charge is 0.319 e. The van der Waals surface area contributed by atoms with E-state index in [1.54, 1.807) is 27.7 Å². The zero-order chi connectivity index (χ0) is 21.3. The van der Waals surface area contributed by atoms with Gasteiger partial charge in [0.1, 0.15) is 16.6 Å². The summed E-state index contributed by atoms with van der Waals surface area (Å²) in [6.07, 6.45) is 0. The number of nitrogens with one attached hydrogen (secondary N) is 2. The standard InChI is InChI=1S/C19H24FN3O4S/c1-12(2)19(4,11-21)23-16(24)9-27-18(26)13(3)28-10-17(25)22-15-7-5-14(20)6-8-15/h5-8,12-13H,9-10H2,1-4H3,(H,22,25)(H,23,24). The van der Waals surface area contributed by atoms with E-state index in [-0.39, 0.29) is 17.6 Å². The van der Waals surface area contributed by atoms with Crippen molar-refractivity contribution in [2.75, 3.05) is 17.7 Å². The first-order valence-electron chi connectivity index (χ1n) is 8.63. The van der Waals surface area contributed by atoms with Crippen molar-refractivity contribution in [2.24, 2.45) is 5.92 Å². The van der Waals surface area contributed by atoms with Crippen molar-refractivity contribution in [3.05, 3.63) is 30.1 Å². The Morgan fingerprint density at radius 2 is 1.82 bits per heavy atom. The molecule has 2 amide bonds. The first kappa shape index (κ1) is 23.4. The van der Waals surface area contributed by atoms with E-state index in [0.717, 1.165) is 11.8 Å². The molecule has 0 aliphatic rings. The number of amides is 2. The Kier molecular flexibility index (Phi) is 8.92. The van der Waals surface area contributed by atoms with Crippen molar-refractivity contribution in [2.45, 2.75) is 38.5 Å². The van der Waals surface area contributed by atoms with E-state index in [4.69, 9.17) is 4.74 Å². The summed E-state index contributed by atoms with van der Waals surface area (Å²) in [5, 5.41) is 13.6. The van der Waals surface area contributed by atoms with Gasteiger partial charge in [0, 0.05) is 5.69 Å². The monoisotopic (exact) mass is 409 g/mol. The minimum Gasteiger partial charge on any atom is -0.455 e. The second kappa shape index (κ2) is 10.7. The molecule has 0 radical (unpaired) electrons. The van der Waals surface area contributed by atoms with Gasteiger partial charge < -0.3 is 15.4 Å². The molecule has 0 fully saturated rings. The molecule has 9 heteroatoms. The fraction of sp³-hybridized carbons (Fsp3) is 0.474. The molecule has 0 bridgehead atoms. The van der Waals surface area contributed by atoms with Crippen LogP contribution in [-0.4, -0.2) is 40.9 Å². The van der Waals surface area contributed by atoms with Gasteiger partial charge in [-0.2, -0.15) is 5.26 Å². The van der Waals surface area contributed by atoms with Crippen LogP contribution < -0.4 is 10.6 Å². The summed E-state index contributed by atoms with van der Waals surface area (Å²) in [6, 6.07) is 7.35. The Hall–Kier alpha value is -2.60. The Labute approximate surface area is 168 Å². The zero-order valence-corrected chi connectivity index (χ0v) is 17.1. The number of hydrogen-bond donors (Lipinski definition) is 2. The van der Waals surface area contributed by atoms with Gasteiger partial charge in [-0.15, -0.1) is 11.8 Å². The van der Waals surface area contributed by atoms with Gasteiger partial charge in [0.2, 0.25) is 5.91 Å². The van der Waals surface area contributed by atoms with Gasteiger partial charge in [-0.1, -0.05) is 13.8 Å². The molecule has 0 heterocycles. The number of carbonyl (C=O) groups excluding carboxylic acids is 3. The molecule has 2 unspecified atom stereocenters. The van der Waals surface area contributed by atoms with Gasteiger partial charge in [0.25, 0.3) is 5.91 Å². The number of nitrogens with zero attached hydrogens (tertiary/aromatic N) is 1. The van der Waals surface area contributed by atoms with Crippen molar-refractivity contribution < 1.29 is 23.5 Å². The molecule has 28 heavy (non-hydrogen) atoms. The maximum absolute atomic E-state index is 12.8. The average Bonchev–Trinajstić information content (AvgIpc) is 2.65. The Bertz CT molecular complexity index is 749. The van der Waals surface area contributed by atoms with Crippen LogP contribution >= 0.6 is 11.8 Å². The average molecular weight is 409 g/mol. The molecule has 2 N–H and O–H groups in total. The highest BCUT2D eigenvalue weighted by Gasteiger charge is 2.30. The van der Waals surface area contributed by atoms with E-state index in [0.29, 0.717) is 5.69 Å². The molecular formula is C19H24FN3O4S. The van der Waals surface area contributed by atoms with Gasteiger partial charge in [0.05, 0.1) is 11.8 Å². The van der Waals surface area contributed by atoms with Gasteiger partial charge in [-0.25, -0.2) is 4.39 Å². The largest absolute Gasteiger partial charge is 0.455 e. The molecular weight excluding hydrogens is 385 g/mol.